The standard InChI is InChI=1S/C27H41F5O3/c1-6-7-8-9-10-11-12-20(27(33-4,34-5)35-17(2)3)18-13-15-19(16-14-18)21-22(28)24(30)26(32)25(31)23(21)29/h17-20H,6-16H2,1-5H3. The number of rotatable bonds is 14. The Morgan fingerprint density at radius 3 is 1.71 bits per heavy atom. The summed E-state index contributed by atoms with van der Waals surface area (Å²) < 4.78 is 87.6. The molecule has 1 aliphatic rings. The van der Waals surface area contributed by atoms with E-state index >= 15 is 0 Å². The van der Waals surface area contributed by atoms with Gasteiger partial charge in [0.25, 0.3) is 5.97 Å². The molecule has 0 radical (unpaired) electrons. The maximum Gasteiger partial charge on any atom is 0.285 e. The van der Waals surface area contributed by atoms with E-state index in [1.165, 1.54) is 19.3 Å². The molecule has 1 unspecified atom stereocenters. The second kappa shape index (κ2) is 13.9. The first-order valence-corrected chi connectivity index (χ1v) is 12.9. The fraction of sp³-hybridized carbons (Fsp3) is 0.778. The van der Waals surface area contributed by atoms with Gasteiger partial charge in [-0.1, -0.05) is 45.4 Å². The Bertz CT molecular complexity index is 761. The molecule has 1 aromatic carbocycles. The van der Waals surface area contributed by atoms with Gasteiger partial charge in [0.1, 0.15) is 0 Å². The second-order valence-corrected chi connectivity index (χ2v) is 9.94. The highest BCUT2D eigenvalue weighted by Crippen LogP contribution is 2.46. The first kappa shape index (κ1) is 30.0. The highest BCUT2D eigenvalue weighted by atomic mass is 19.2. The van der Waals surface area contributed by atoms with E-state index in [1.807, 2.05) is 13.8 Å². The van der Waals surface area contributed by atoms with Gasteiger partial charge in [-0.15, -0.1) is 0 Å². The predicted molar refractivity (Wildman–Crippen MR) is 125 cm³/mol. The molecule has 8 heteroatoms. The van der Waals surface area contributed by atoms with Gasteiger partial charge in [-0.25, -0.2) is 22.0 Å². The van der Waals surface area contributed by atoms with Crippen LogP contribution in [0.3, 0.4) is 0 Å². The minimum absolute atomic E-state index is 0.0572. The molecule has 0 saturated heterocycles. The Balaban J connectivity index is 2.20. The summed E-state index contributed by atoms with van der Waals surface area (Å²) >= 11 is 0. The fourth-order valence-corrected chi connectivity index (χ4v) is 5.53. The Kier molecular flexibility index (Phi) is 11.9. The Morgan fingerprint density at radius 1 is 0.743 bits per heavy atom. The van der Waals surface area contributed by atoms with Crippen LogP contribution in [-0.2, 0) is 14.2 Å². The number of hydrogen-bond acceptors (Lipinski definition) is 3. The molecule has 0 amide bonds. The van der Waals surface area contributed by atoms with Crippen molar-refractivity contribution >= 4 is 0 Å². The van der Waals surface area contributed by atoms with Crippen LogP contribution in [0.1, 0.15) is 103 Å². The van der Waals surface area contributed by atoms with Crippen LogP contribution in [0.5, 0.6) is 0 Å². The average Bonchev–Trinajstić information content (AvgIpc) is 2.85. The average molecular weight is 509 g/mol. The molecule has 1 saturated carbocycles. The van der Waals surface area contributed by atoms with Gasteiger partial charge < -0.3 is 14.2 Å². The molecular formula is C27H41F5O3. The minimum Gasteiger partial charge on any atom is -0.331 e. The number of ether oxygens (including phenoxy) is 3. The van der Waals surface area contributed by atoms with E-state index in [2.05, 4.69) is 6.92 Å². The number of benzene rings is 1. The zero-order valence-electron chi connectivity index (χ0n) is 21.7. The lowest BCUT2D eigenvalue weighted by Gasteiger charge is -2.44. The van der Waals surface area contributed by atoms with Crippen molar-refractivity contribution in [3.8, 4) is 0 Å². The molecule has 0 aliphatic heterocycles. The molecule has 1 aromatic rings. The van der Waals surface area contributed by atoms with Gasteiger partial charge in [-0.05, 0) is 57.8 Å². The lowest BCUT2D eigenvalue weighted by molar-refractivity contribution is -0.405. The first-order chi connectivity index (χ1) is 16.6. The molecule has 202 valence electrons. The SMILES string of the molecule is CCCCCCCCC(C1CCC(c2c(F)c(F)c(F)c(F)c2F)CC1)C(OC)(OC)OC(C)C. The minimum atomic E-state index is -2.12. The summed E-state index contributed by atoms with van der Waals surface area (Å²) in [5.74, 6) is -11.4. The maximum absolute atomic E-state index is 14.4. The van der Waals surface area contributed by atoms with Gasteiger partial charge in [0.05, 0.1) is 6.10 Å². The second-order valence-electron chi connectivity index (χ2n) is 9.94. The van der Waals surface area contributed by atoms with Gasteiger partial charge in [0.2, 0.25) is 5.82 Å². The monoisotopic (exact) mass is 508 g/mol. The van der Waals surface area contributed by atoms with E-state index in [0.717, 1.165) is 25.7 Å². The molecule has 0 aromatic heterocycles. The molecule has 0 spiro atoms. The van der Waals surface area contributed by atoms with E-state index in [0.29, 0.717) is 25.7 Å². The van der Waals surface area contributed by atoms with Gasteiger partial charge in [0, 0.05) is 25.7 Å². The predicted octanol–water partition coefficient (Wildman–Crippen LogP) is 8.39. The summed E-state index contributed by atoms with van der Waals surface area (Å²) in [7, 11) is 3.08. The Morgan fingerprint density at radius 2 is 1.23 bits per heavy atom. The van der Waals surface area contributed by atoms with Crippen LogP contribution in [0.25, 0.3) is 0 Å². The zero-order chi connectivity index (χ0) is 26.2. The molecule has 1 fully saturated rings. The van der Waals surface area contributed by atoms with Gasteiger partial charge >= 0.3 is 0 Å². The van der Waals surface area contributed by atoms with Crippen molar-refractivity contribution in [1.29, 1.82) is 0 Å². The Hall–Kier alpha value is -1.25. The third-order valence-electron chi connectivity index (χ3n) is 7.28. The van der Waals surface area contributed by atoms with Crippen molar-refractivity contribution in [1.82, 2.24) is 0 Å². The third kappa shape index (κ3) is 7.16. The largest absolute Gasteiger partial charge is 0.331 e. The molecule has 1 atom stereocenters. The molecule has 2 rings (SSSR count). The highest BCUT2D eigenvalue weighted by Gasteiger charge is 2.47. The van der Waals surface area contributed by atoms with Gasteiger partial charge in [-0.3, -0.25) is 0 Å². The molecule has 0 bridgehead atoms. The zero-order valence-corrected chi connectivity index (χ0v) is 21.7. The summed E-state index contributed by atoms with van der Waals surface area (Å²) in [6.45, 7) is 5.97. The number of hydrogen-bond donors (Lipinski definition) is 0. The quantitative estimate of drug-likeness (QED) is 0.0830. The van der Waals surface area contributed by atoms with E-state index in [9.17, 15) is 22.0 Å². The van der Waals surface area contributed by atoms with E-state index in [4.69, 9.17) is 14.2 Å². The summed E-state index contributed by atoms with van der Waals surface area (Å²) in [6.07, 6.45) is 9.08. The molecule has 0 heterocycles. The normalized spacial score (nSPS) is 20.0. The maximum atomic E-state index is 14.4. The van der Waals surface area contributed by atoms with E-state index < -0.39 is 46.5 Å². The molecular weight excluding hydrogens is 467 g/mol. The smallest absolute Gasteiger partial charge is 0.285 e. The van der Waals surface area contributed by atoms with Gasteiger partial charge in [-0.2, -0.15) is 0 Å². The summed E-state index contributed by atoms with van der Waals surface area (Å²) in [4.78, 5) is 0. The van der Waals surface area contributed by atoms with Crippen LogP contribution in [0.15, 0.2) is 0 Å². The number of methoxy groups -OCH3 is 2. The number of halogens is 5. The van der Waals surface area contributed by atoms with Crippen LogP contribution < -0.4 is 0 Å². The third-order valence-corrected chi connectivity index (χ3v) is 7.28. The van der Waals surface area contributed by atoms with Crippen LogP contribution in [0.2, 0.25) is 0 Å². The summed E-state index contributed by atoms with van der Waals surface area (Å²) in [6, 6.07) is 0. The van der Waals surface area contributed by atoms with Crippen molar-refractivity contribution in [2.24, 2.45) is 11.8 Å². The van der Waals surface area contributed by atoms with Crippen LogP contribution >= 0.6 is 0 Å². The van der Waals surface area contributed by atoms with Crippen molar-refractivity contribution in [3.63, 3.8) is 0 Å². The molecule has 1 aliphatic carbocycles. The summed E-state index contributed by atoms with van der Waals surface area (Å²) in [5.41, 5.74) is -0.699. The van der Waals surface area contributed by atoms with Crippen molar-refractivity contribution in [3.05, 3.63) is 34.6 Å². The molecule has 0 N–H and O–H groups in total. The van der Waals surface area contributed by atoms with Crippen LogP contribution in [0.4, 0.5) is 22.0 Å². The topological polar surface area (TPSA) is 27.7 Å². The van der Waals surface area contributed by atoms with Gasteiger partial charge in [0.15, 0.2) is 23.3 Å². The lowest BCUT2D eigenvalue weighted by Crippen LogP contribution is -2.50. The van der Waals surface area contributed by atoms with E-state index in [1.54, 1.807) is 14.2 Å². The Labute approximate surface area is 206 Å². The van der Waals surface area contributed by atoms with Crippen molar-refractivity contribution < 1.29 is 36.2 Å². The van der Waals surface area contributed by atoms with Crippen molar-refractivity contribution in [2.45, 2.75) is 109 Å². The van der Waals surface area contributed by atoms with E-state index in [-0.39, 0.29) is 17.9 Å². The van der Waals surface area contributed by atoms with Crippen LogP contribution in [0, 0.1) is 40.9 Å². The first-order valence-electron chi connectivity index (χ1n) is 12.9. The lowest BCUT2D eigenvalue weighted by atomic mass is 9.71. The van der Waals surface area contributed by atoms with Crippen LogP contribution in [-0.4, -0.2) is 26.3 Å². The molecule has 3 nitrogen and oxygen atoms in total. The number of unbranched alkanes of at least 4 members (excludes halogenated alkanes) is 5. The highest BCUT2D eigenvalue weighted by molar-refractivity contribution is 5.28. The molecule has 35 heavy (non-hydrogen) atoms. The summed E-state index contributed by atoms with van der Waals surface area (Å²) in [5, 5.41) is 0. The van der Waals surface area contributed by atoms with Crippen molar-refractivity contribution in [2.75, 3.05) is 14.2 Å². The fourth-order valence-electron chi connectivity index (χ4n) is 5.53.